The zero-order valence-electron chi connectivity index (χ0n) is 5.97. The van der Waals surface area contributed by atoms with Crippen LogP contribution in [0.1, 0.15) is 17.0 Å². The minimum atomic E-state index is 0.653. The quantitative estimate of drug-likeness (QED) is 0.672. The molecule has 0 spiro atoms. The Balaban J connectivity index is 2.38. The Morgan fingerprint density at radius 1 is 1.55 bits per heavy atom. The summed E-state index contributed by atoms with van der Waals surface area (Å²) in [7, 11) is 0. The van der Waals surface area contributed by atoms with Crippen molar-refractivity contribution >= 4 is 15.9 Å². The Morgan fingerprint density at radius 3 is 3.27 bits per heavy atom. The molecule has 0 aliphatic carbocycles. The lowest BCUT2D eigenvalue weighted by Crippen LogP contribution is -2.08. The van der Waals surface area contributed by atoms with Crippen molar-refractivity contribution in [3.63, 3.8) is 0 Å². The van der Waals surface area contributed by atoms with Crippen LogP contribution in [0.3, 0.4) is 0 Å². The first-order valence-electron chi connectivity index (χ1n) is 3.52. The summed E-state index contributed by atoms with van der Waals surface area (Å²) in [4.78, 5) is 0. The zero-order chi connectivity index (χ0) is 7.68. The van der Waals surface area contributed by atoms with Crippen LogP contribution in [-0.2, 0) is 23.1 Å². The molecule has 2 rings (SSSR count). The van der Waals surface area contributed by atoms with Gasteiger partial charge >= 0.3 is 0 Å². The lowest BCUT2D eigenvalue weighted by Gasteiger charge is -2.09. The molecule has 0 aromatic carbocycles. The van der Waals surface area contributed by atoms with Crippen LogP contribution >= 0.6 is 15.9 Å². The summed E-state index contributed by atoms with van der Waals surface area (Å²) >= 11 is 3.34. The van der Waals surface area contributed by atoms with E-state index in [1.54, 1.807) is 0 Å². The van der Waals surface area contributed by atoms with Crippen LogP contribution in [0.25, 0.3) is 0 Å². The third kappa shape index (κ3) is 1.20. The molecule has 3 nitrogen and oxygen atoms in total. The molecule has 0 N–H and O–H groups in total. The fourth-order valence-electron chi connectivity index (χ4n) is 1.19. The molecular formula is C7H8BrNO2. The largest absolute Gasteiger partial charge is 0.376 e. The minimum absolute atomic E-state index is 0.653. The highest BCUT2D eigenvalue weighted by Crippen LogP contribution is 2.21. The number of nitrogens with zero attached hydrogens (tertiary/aromatic N) is 1. The van der Waals surface area contributed by atoms with E-state index in [1.807, 2.05) is 0 Å². The second-order valence-electron chi connectivity index (χ2n) is 2.47. The summed E-state index contributed by atoms with van der Waals surface area (Å²) in [6, 6.07) is 0. The first-order chi connectivity index (χ1) is 5.42. The lowest BCUT2D eigenvalue weighted by atomic mass is 10.1. The molecule has 0 amide bonds. The standard InChI is InChI=1S/C7H8BrNO2/c8-3-6-5-4-10-2-1-7(5)11-9-6/h1-4H2. The van der Waals surface area contributed by atoms with Crippen LogP contribution in [0, 0.1) is 0 Å². The molecule has 4 heteroatoms. The second-order valence-corrected chi connectivity index (χ2v) is 3.03. The molecule has 0 radical (unpaired) electrons. The number of hydrogen-bond donors (Lipinski definition) is 0. The predicted molar refractivity (Wildman–Crippen MR) is 42.5 cm³/mol. The van der Waals surface area contributed by atoms with Gasteiger partial charge in [0.25, 0.3) is 0 Å². The first-order valence-corrected chi connectivity index (χ1v) is 4.64. The van der Waals surface area contributed by atoms with Crippen LogP contribution < -0.4 is 0 Å². The number of aromatic nitrogens is 1. The highest BCUT2D eigenvalue weighted by Gasteiger charge is 2.18. The number of fused-ring (bicyclic) bond motifs is 1. The van der Waals surface area contributed by atoms with E-state index in [4.69, 9.17) is 9.26 Å². The van der Waals surface area contributed by atoms with Gasteiger partial charge in [-0.3, -0.25) is 0 Å². The Bertz CT molecular complexity index is 245. The minimum Gasteiger partial charge on any atom is -0.376 e. The van der Waals surface area contributed by atoms with Crippen molar-refractivity contribution < 1.29 is 9.26 Å². The number of rotatable bonds is 1. The summed E-state index contributed by atoms with van der Waals surface area (Å²) < 4.78 is 10.4. The van der Waals surface area contributed by atoms with E-state index in [0.717, 1.165) is 35.4 Å². The van der Waals surface area contributed by atoms with Gasteiger partial charge in [-0.25, -0.2) is 0 Å². The van der Waals surface area contributed by atoms with E-state index in [0.29, 0.717) is 6.61 Å². The topological polar surface area (TPSA) is 35.3 Å². The Labute approximate surface area is 72.8 Å². The monoisotopic (exact) mass is 217 g/mol. The molecule has 0 fully saturated rings. The molecule has 60 valence electrons. The molecule has 1 aromatic rings. The molecule has 1 aliphatic rings. The average Bonchev–Trinajstić information content (AvgIpc) is 2.47. The fourth-order valence-corrected chi connectivity index (χ4v) is 1.63. The van der Waals surface area contributed by atoms with Crippen molar-refractivity contribution in [2.75, 3.05) is 6.61 Å². The Hall–Kier alpha value is -0.350. The molecule has 0 bridgehead atoms. The van der Waals surface area contributed by atoms with Gasteiger partial charge in [0.15, 0.2) is 0 Å². The van der Waals surface area contributed by atoms with Gasteiger partial charge in [-0.05, 0) is 0 Å². The van der Waals surface area contributed by atoms with E-state index in [1.165, 1.54) is 0 Å². The van der Waals surface area contributed by atoms with E-state index >= 15 is 0 Å². The van der Waals surface area contributed by atoms with E-state index in [2.05, 4.69) is 21.1 Å². The Kier molecular flexibility index (Phi) is 1.96. The smallest absolute Gasteiger partial charge is 0.144 e. The van der Waals surface area contributed by atoms with Gasteiger partial charge in [0.2, 0.25) is 0 Å². The van der Waals surface area contributed by atoms with Gasteiger partial charge in [-0.1, -0.05) is 21.1 Å². The fraction of sp³-hybridized carbons (Fsp3) is 0.571. The maximum Gasteiger partial charge on any atom is 0.144 e. The molecule has 0 atom stereocenters. The lowest BCUT2D eigenvalue weighted by molar-refractivity contribution is 0.102. The third-order valence-electron chi connectivity index (χ3n) is 1.80. The predicted octanol–water partition coefficient (Wildman–Crippen LogP) is 1.64. The third-order valence-corrected chi connectivity index (χ3v) is 2.33. The molecule has 2 heterocycles. The van der Waals surface area contributed by atoms with Crippen LogP contribution in [0.5, 0.6) is 0 Å². The van der Waals surface area contributed by atoms with Gasteiger partial charge < -0.3 is 9.26 Å². The average molecular weight is 218 g/mol. The van der Waals surface area contributed by atoms with Crippen molar-refractivity contribution in [3.05, 3.63) is 17.0 Å². The van der Waals surface area contributed by atoms with Crippen LogP contribution in [0.2, 0.25) is 0 Å². The van der Waals surface area contributed by atoms with Crippen molar-refractivity contribution in [3.8, 4) is 0 Å². The highest BCUT2D eigenvalue weighted by molar-refractivity contribution is 9.08. The van der Waals surface area contributed by atoms with E-state index in [9.17, 15) is 0 Å². The summed E-state index contributed by atoms with van der Waals surface area (Å²) in [5.74, 6) is 0.991. The van der Waals surface area contributed by atoms with Crippen LogP contribution in [0.15, 0.2) is 4.52 Å². The zero-order valence-corrected chi connectivity index (χ0v) is 7.56. The van der Waals surface area contributed by atoms with E-state index < -0.39 is 0 Å². The summed E-state index contributed by atoms with van der Waals surface area (Å²) in [6.07, 6.45) is 0.856. The van der Waals surface area contributed by atoms with Crippen molar-refractivity contribution in [1.82, 2.24) is 5.16 Å². The van der Waals surface area contributed by atoms with Gasteiger partial charge in [-0.2, -0.15) is 0 Å². The van der Waals surface area contributed by atoms with Crippen LogP contribution in [-0.4, -0.2) is 11.8 Å². The normalized spacial score (nSPS) is 16.5. The van der Waals surface area contributed by atoms with Crippen molar-refractivity contribution in [1.29, 1.82) is 0 Å². The summed E-state index contributed by atoms with van der Waals surface area (Å²) in [5.41, 5.74) is 2.10. The van der Waals surface area contributed by atoms with Gasteiger partial charge in [0.05, 0.1) is 18.9 Å². The number of halogens is 1. The van der Waals surface area contributed by atoms with Crippen molar-refractivity contribution in [2.24, 2.45) is 0 Å². The number of ether oxygens (including phenoxy) is 1. The second kappa shape index (κ2) is 2.95. The maximum absolute atomic E-state index is 5.28. The van der Waals surface area contributed by atoms with Gasteiger partial charge in [0.1, 0.15) is 5.76 Å². The molecule has 1 aliphatic heterocycles. The molecule has 1 aromatic heterocycles. The maximum atomic E-state index is 5.28. The van der Waals surface area contributed by atoms with E-state index in [-0.39, 0.29) is 0 Å². The number of alkyl halides is 1. The molecule has 0 unspecified atom stereocenters. The molecular weight excluding hydrogens is 210 g/mol. The first kappa shape index (κ1) is 7.31. The van der Waals surface area contributed by atoms with Gasteiger partial charge in [0, 0.05) is 17.3 Å². The molecule has 0 saturated carbocycles. The number of hydrogen-bond acceptors (Lipinski definition) is 3. The van der Waals surface area contributed by atoms with Crippen molar-refractivity contribution in [2.45, 2.75) is 18.4 Å². The molecule has 0 saturated heterocycles. The highest BCUT2D eigenvalue weighted by atomic mass is 79.9. The Morgan fingerprint density at radius 2 is 2.45 bits per heavy atom. The summed E-state index contributed by atoms with van der Waals surface area (Å²) in [6.45, 7) is 1.41. The summed E-state index contributed by atoms with van der Waals surface area (Å²) in [5, 5.41) is 4.66. The van der Waals surface area contributed by atoms with Crippen LogP contribution in [0.4, 0.5) is 0 Å². The van der Waals surface area contributed by atoms with Gasteiger partial charge in [-0.15, -0.1) is 0 Å². The SMILES string of the molecule is BrCc1noc2c1COCC2. The molecule has 11 heavy (non-hydrogen) atoms.